The van der Waals surface area contributed by atoms with Crippen molar-refractivity contribution < 1.29 is 14.3 Å². The van der Waals surface area contributed by atoms with Crippen LogP contribution in [0.4, 0.5) is 10.5 Å². The Morgan fingerprint density at radius 2 is 1.62 bits per heavy atom. The van der Waals surface area contributed by atoms with Gasteiger partial charge in [-0.3, -0.25) is 9.69 Å². The molecule has 5 rings (SSSR count). The lowest BCUT2D eigenvalue weighted by molar-refractivity contribution is 0.0668. The van der Waals surface area contributed by atoms with Crippen molar-refractivity contribution in [2.24, 2.45) is 5.92 Å². The summed E-state index contributed by atoms with van der Waals surface area (Å²) < 4.78 is 5.99. The molecule has 2 aromatic carbocycles. The first-order valence-corrected chi connectivity index (χ1v) is 12.9. The largest absolute Gasteiger partial charge is 0.494 e. The number of ether oxygens (including phenoxy) is 1. The van der Waals surface area contributed by atoms with Crippen LogP contribution in [-0.4, -0.2) is 61.1 Å². The van der Waals surface area contributed by atoms with Crippen molar-refractivity contribution in [3.05, 3.63) is 59.7 Å². The molecule has 1 aliphatic carbocycles. The van der Waals surface area contributed by atoms with Crippen LogP contribution in [0.3, 0.4) is 0 Å². The van der Waals surface area contributed by atoms with Crippen LogP contribution >= 0.6 is 0 Å². The van der Waals surface area contributed by atoms with Gasteiger partial charge in [-0.1, -0.05) is 56.4 Å². The quantitative estimate of drug-likeness (QED) is 0.631. The second-order valence-corrected chi connectivity index (χ2v) is 9.76. The standard InChI is InChI=1S/C28H35N3O3/c32-27(24-10-6-11-25(21-24)34-20-14-22-7-2-1-3-8-22)29-16-18-30(19-17-29)28(33)31-15-13-23-9-4-5-12-26(23)31/h4-6,9-12,21-22H,1-3,7-8,13-20H2. The van der Waals surface area contributed by atoms with E-state index in [9.17, 15) is 9.59 Å². The molecule has 2 fully saturated rings. The number of hydrogen-bond donors (Lipinski definition) is 0. The second kappa shape index (κ2) is 10.5. The van der Waals surface area contributed by atoms with Crippen molar-refractivity contribution in [3.8, 4) is 5.75 Å². The Morgan fingerprint density at radius 3 is 2.44 bits per heavy atom. The Bertz CT molecular complexity index is 1010. The first kappa shape index (κ1) is 22.8. The molecular weight excluding hydrogens is 426 g/mol. The number of urea groups is 1. The summed E-state index contributed by atoms with van der Waals surface area (Å²) in [7, 11) is 0. The van der Waals surface area contributed by atoms with Crippen molar-refractivity contribution in [1.29, 1.82) is 0 Å². The Kier molecular flexibility index (Phi) is 7.02. The summed E-state index contributed by atoms with van der Waals surface area (Å²) >= 11 is 0. The predicted octanol–water partition coefficient (Wildman–Crippen LogP) is 4.98. The lowest BCUT2D eigenvalue weighted by atomic mass is 9.87. The van der Waals surface area contributed by atoms with Gasteiger partial charge in [-0.15, -0.1) is 0 Å². The average Bonchev–Trinajstić information content (AvgIpc) is 3.33. The number of carbonyl (C=O) groups is 2. The van der Waals surface area contributed by atoms with E-state index < -0.39 is 0 Å². The number of amides is 3. The Balaban J connectivity index is 1.12. The van der Waals surface area contributed by atoms with Gasteiger partial charge in [0.05, 0.1) is 6.61 Å². The van der Waals surface area contributed by atoms with Crippen LogP contribution in [0, 0.1) is 5.92 Å². The molecule has 34 heavy (non-hydrogen) atoms. The highest BCUT2D eigenvalue weighted by atomic mass is 16.5. The van der Waals surface area contributed by atoms with E-state index in [4.69, 9.17) is 4.74 Å². The van der Waals surface area contributed by atoms with Crippen LogP contribution in [-0.2, 0) is 6.42 Å². The smallest absolute Gasteiger partial charge is 0.324 e. The highest BCUT2D eigenvalue weighted by Gasteiger charge is 2.31. The summed E-state index contributed by atoms with van der Waals surface area (Å²) in [5.41, 5.74) is 2.90. The third-order valence-corrected chi connectivity index (χ3v) is 7.56. The Labute approximate surface area is 202 Å². The van der Waals surface area contributed by atoms with E-state index in [1.165, 1.54) is 37.7 Å². The Morgan fingerprint density at radius 1 is 0.853 bits per heavy atom. The van der Waals surface area contributed by atoms with Crippen LogP contribution in [0.2, 0.25) is 0 Å². The number of fused-ring (bicyclic) bond motifs is 1. The number of benzene rings is 2. The molecule has 2 aliphatic heterocycles. The van der Waals surface area contributed by atoms with E-state index >= 15 is 0 Å². The minimum atomic E-state index is 0.0105. The van der Waals surface area contributed by atoms with Crippen LogP contribution in [0.15, 0.2) is 48.5 Å². The predicted molar refractivity (Wildman–Crippen MR) is 133 cm³/mol. The summed E-state index contributed by atoms with van der Waals surface area (Å²) in [6.45, 7) is 3.65. The number of nitrogens with zero attached hydrogens (tertiary/aromatic N) is 3. The van der Waals surface area contributed by atoms with Crippen molar-refractivity contribution in [2.75, 3.05) is 44.2 Å². The fourth-order valence-electron chi connectivity index (χ4n) is 5.53. The summed E-state index contributed by atoms with van der Waals surface area (Å²) in [4.78, 5) is 31.8. The SMILES string of the molecule is O=C(c1cccc(OCCC2CCCCC2)c1)N1CCN(C(=O)N2CCc3ccccc32)CC1. The molecule has 0 bridgehead atoms. The van der Waals surface area contributed by atoms with Gasteiger partial charge in [-0.25, -0.2) is 4.79 Å². The number of para-hydroxylation sites is 1. The highest BCUT2D eigenvalue weighted by Crippen LogP contribution is 2.29. The number of piperazine rings is 1. The third-order valence-electron chi connectivity index (χ3n) is 7.56. The van der Waals surface area contributed by atoms with E-state index in [0.717, 1.165) is 36.7 Å². The van der Waals surface area contributed by atoms with Gasteiger partial charge in [0.2, 0.25) is 0 Å². The molecule has 0 unspecified atom stereocenters. The van der Waals surface area contributed by atoms with E-state index in [-0.39, 0.29) is 11.9 Å². The molecule has 3 amide bonds. The topological polar surface area (TPSA) is 53.1 Å². The maximum Gasteiger partial charge on any atom is 0.324 e. The summed E-state index contributed by atoms with van der Waals surface area (Å²) in [6, 6.07) is 15.7. The summed E-state index contributed by atoms with van der Waals surface area (Å²) in [6.07, 6.45) is 8.70. The number of hydrogen-bond acceptors (Lipinski definition) is 3. The second-order valence-electron chi connectivity index (χ2n) is 9.76. The molecule has 1 saturated heterocycles. The van der Waals surface area contributed by atoms with Gasteiger partial charge >= 0.3 is 6.03 Å². The third kappa shape index (κ3) is 5.06. The maximum absolute atomic E-state index is 13.1. The van der Waals surface area contributed by atoms with Gasteiger partial charge in [-0.2, -0.15) is 0 Å². The van der Waals surface area contributed by atoms with Gasteiger partial charge in [-0.05, 0) is 48.6 Å². The van der Waals surface area contributed by atoms with Crippen molar-refractivity contribution in [1.82, 2.24) is 9.80 Å². The molecule has 6 nitrogen and oxygen atoms in total. The molecule has 0 aromatic heterocycles. The molecule has 0 spiro atoms. The summed E-state index contributed by atoms with van der Waals surface area (Å²) in [5.74, 6) is 1.56. The normalized spacial score (nSPS) is 18.6. The van der Waals surface area contributed by atoms with Gasteiger partial charge in [0.25, 0.3) is 5.91 Å². The summed E-state index contributed by atoms with van der Waals surface area (Å²) in [5, 5.41) is 0. The molecule has 0 radical (unpaired) electrons. The molecule has 6 heteroatoms. The fraction of sp³-hybridized carbons (Fsp3) is 0.500. The van der Waals surface area contributed by atoms with E-state index in [0.29, 0.717) is 38.3 Å². The van der Waals surface area contributed by atoms with E-state index in [1.807, 2.05) is 57.2 Å². The molecule has 2 heterocycles. The molecule has 2 aromatic rings. The van der Waals surface area contributed by atoms with Crippen molar-refractivity contribution in [2.45, 2.75) is 44.9 Å². The molecule has 3 aliphatic rings. The lowest BCUT2D eigenvalue weighted by Crippen LogP contribution is -2.54. The maximum atomic E-state index is 13.1. The average molecular weight is 462 g/mol. The van der Waals surface area contributed by atoms with Crippen LogP contribution in [0.5, 0.6) is 5.75 Å². The Hall–Kier alpha value is -3.02. The fourth-order valence-corrected chi connectivity index (χ4v) is 5.53. The molecule has 0 N–H and O–H groups in total. The number of rotatable bonds is 5. The van der Waals surface area contributed by atoms with Gasteiger partial charge in [0.1, 0.15) is 5.75 Å². The van der Waals surface area contributed by atoms with Gasteiger partial charge in [0.15, 0.2) is 0 Å². The van der Waals surface area contributed by atoms with Gasteiger partial charge < -0.3 is 14.5 Å². The van der Waals surface area contributed by atoms with Crippen LogP contribution in [0.25, 0.3) is 0 Å². The first-order valence-electron chi connectivity index (χ1n) is 12.9. The minimum absolute atomic E-state index is 0.0105. The number of carbonyl (C=O) groups excluding carboxylic acids is 2. The van der Waals surface area contributed by atoms with E-state index in [2.05, 4.69) is 6.07 Å². The number of anilines is 1. The van der Waals surface area contributed by atoms with Crippen LogP contribution in [0.1, 0.15) is 54.4 Å². The van der Waals surface area contributed by atoms with Crippen molar-refractivity contribution >= 4 is 17.6 Å². The zero-order valence-electron chi connectivity index (χ0n) is 20.0. The van der Waals surface area contributed by atoms with Gasteiger partial charge in [0, 0.05) is 44.0 Å². The molecule has 180 valence electrons. The highest BCUT2D eigenvalue weighted by molar-refractivity contribution is 5.96. The van der Waals surface area contributed by atoms with E-state index in [1.54, 1.807) is 0 Å². The molecular formula is C28H35N3O3. The van der Waals surface area contributed by atoms with Crippen molar-refractivity contribution in [3.63, 3.8) is 0 Å². The first-order chi connectivity index (χ1) is 16.7. The minimum Gasteiger partial charge on any atom is -0.494 e. The monoisotopic (exact) mass is 461 g/mol. The zero-order chi connectivity index (χ0) is 23.3. The molecule has 1 saturated carbocycles. The van der Waals surface area contributed by atoms with Crippen LogP contribution < -0.4 is 9.64 Å². The lowest BCUT2D eigenvalue weighted by Gasteiger charge is -2.36. The zero-order valence-corrected chi connectivity index (χ0v) is 20.0. The molecule has 0 atom stereocenters.